The van der Waals surface area contributed by atoms with E-state index in [0.717, 1.165) is 5.56 Å². The lowest BCUT2D eigenvalue weighted by Crippen LogP contribution is -2.35. The Kier molecular flexibility index (Phi) is 5.25. The van der Waals surface area contributed by atoms with Crippen molar-refractivity contribution >= 4 is 11.4 Å². The number of rotatable bonds is 6. The van der Waals surface area contributed by atoms with Crippen LogP contribution in [0.2, 0.25) is 0 Å². The zero-order chi connectivity index (χ0) is 13.7. The van der Waals surface area contributed by atoms with Gasteiger partial charge < -0.3 is 26.6 Å². The van der Waals surface area contributed by atoms with E-state index < -0.39 is 6.10 Å². The van der Waals surface area contributed by atoms with E-state index in [-0.39, 0.29) is 6.61 Å². The van der Waals surface area contributed by atoms with Crippen molar-refractivity contribution in [2.75, 3.05) is 24.6 Å². The van der Waals surface area contributed by atoms with Crippen LogP contribution in [0.3, 0.4) is 0 Å². The van der Waals surface area contributed by atoms with Crippen LogP contribution >= 0.6 is 0 Å². The first kappa shape index (κ1) is 14.6. The molecule has 102 valence electrons. The van der Waals surface area contributed by atoms with E-state index >= 15 is 0 Å². The highest BCUT2D eigenvalue weighted by molar-refractivity contribution is 5.71. The fourth-order valence-electron chi connectivity index (χ4n) is 1.53. The Hall–Kier alpha value is -1.46. The van der Waals surface area contributed by atoms with Gasteiger partial charge in [-0.1, -0.05) is 13.8 Å². The van der Waals surface area contributed by atoms with E-state index in [1.807, 2.05) is 26.8 Å². The molecule has 0 bridgehead atoms. The minimum Gasteiger partial charge on any atom is -0.489 e. The highest BCUT2D eigenvalue weighted by Gasteiger charge is 2.09. The summed E-state index contributed by atoms with van der Waals surface area (Å²) in [6.45, 7) is 6.63. The third kappa shape index (κ3) is 4.43. The number of aliphatic hydroxyl groups excluding tert-OH is 1. The molecular weight excluding hydrogens is 230 g/mol. The Labute approximate surface area is 108 Å². The number of hydrogen-bond donors (Lipinski definition) is 4. The number of nitrogens with two attached hydrogens (primary N) is 2. The zero-order valence-electron chi connectivity index (χ0n) is 11.2. The Morgan fingerprint density at radius 3 is 2.61 bits per heavy atom. The molecule has 1 aromatic rings. The number of hydrogen-bond acceptors (Lipinski definition) is 5. The smallest absolute Gasteiger partial charge is 0.144 e. The molecule has 0 aliphatic rings. The molecule has 0 spiro atoms. The summed E-state index contributed by atoms with van der Waals surface area (Å²) in [7, 11) is 0. The van der Waals surface area contributed by atoms with E-state index in [9.17, 15) is 5.11 Å². The van der Waals surface area contributed by atoms with Gasteiger partial charge in [0.1, 0.15) is 18.5 Å². The predicted octanol–water partition coefficient (Wildman–Crippen LogP) is 0.897. The van der Waals surface area contributed by atoms with Crippen molar-refractivity contribution in [1.29, 1.82) is 0 Å². The lowest BCUT2D eigenvalue weighted by atomic mass is 10.2. The van der Waals surface area contributed by atoms with Gasteiger partial charge in [-0.05, 0) is 24.6 Å². The average Bonchev–Trinajstić information content (AvgIpc) is 2.29. The van der Waals surface area contributed by atoms with Crippen LogP contribution in [0.25, 0.3) is 0 Å². The molecule has 0 fully saturated rings. The summed E-state index contributed by atoms with van der Waals surface area (Å²) in [4.78, 5) is 0. The zero-order valence-corrected chi connectivity index (χ0v) is 11.2. The molecule has 0 saturated carbocycles. The van der Waals surface area contributed by atoms with Crippen LogP contribution in [-0.4, -0.2) is 30.4 Å². The molecule has 0 aromatic heterocycles. The summed E-state index contributed by atoms with van der Waals surface area (Å²) in [6, 6.07) is 3.94. The quantitative estimate of drug-likeness (QED) is 0.565. The van der Waals surface area contributed by atoms with Crippen LogP contribution in [0.4, 0.5) is 11.4 Å². The first-order valence-corrected chi connectivity index (χ1v) is 6.10. The summed E-state index contributed by atoms with van der Waals surface area (Å²) < 4.78 is 5.50. The molecule has 6 N–H and O–H groups in total. The van der Waals surface area contributed by atoms with E-state index in [0.29, 0.717) is 29.7 Å². The lowest BCUT2D eigenvalue weighted by Gasteiger charge is -2.16. The summed E-state index contributed by atoms with van der Waals surface area (Å²) in [5, 5.41) is 12.9. The molecule has 18 heavy (non-hydrogen) atoms. The molecule has 0 aliphatic heterocycles. The van der Waals surface area contributed by atoms with Crippen LogP contribution < -0.4 is 21.5 Å². The molecule has 1 aromatic carbocycles. The van der Waals surface area contributed by atoms with E-state index in [2.05, 4.69) is 5.32 Å². The Morgan fingerprint density at radius 1 is 1.33 bits per heavy atom. The maximum atomic E-state index is 9.73. The van der Waals surface area contributed by atoms with E-state index in [1.165, 1.54) is 0 Å². The van der Waals surface area contributed by atoms with Crippen LogP contribution in [0, 0.1) is 6.92 Å². The van der Waals surface area contributed by atoms with Crippen molar-refractivity contribution in [2.24, 2.45) is 0 Å². The second-order valence-electron chi connectivity index (χ2n) is 4.79. The third-order valence-electron chi connectivity index (χ3n) is 2.51. The minimum absolute atomic E-state index is 0.187. The Balaban J connectivity index is 2.53. The van der Waals surface area contributed by atoms with Gasteiger partial charge in [-0.3, -0.25) is 0 Å². The number of nitrogens with one attached hydrogen (secondary N) is 1. The highest BCUT2D eigenvalue weighted by atomic mass is 16.5. The summed E-state index contributed by atoms with van der Waals surface area (Å²) in [5.41, 5.74) is 13.5. The molecule has 1 atom stereocenters. The summed E-state index contributed by atoms with van der Waals surface area (Å²) in [6.07, 6.45) is -0.575. The van der Waals surface area contributed by atoms with Gasteiger partial charge in [-0.15, -0.1) is 0 Å². The molecule has 5 heteroatoms. The van der Waals surface area contributed by atoms with Gasteiger partial charge in [0.25, 0.3) is 0 Å². The van der Waals surface area contributed by atoms with Crippen molar-refractivity contribution in [3.63, 3.8) is 0 Å². The predicted molar refractivity (Wildman–Crippen MR) is 74.6 cm³/mol. The van der Waals surface area contributed by atoms with Crippen LogP contribution in [0.1, 0.15) is 19.4 Å². The fourth-order valence-corrected chi connectivity index (χ4v) is 1.53. The lowest BCUT2D eigenvalue weighted by molar-refractivity contribution is 0.105. The molecule has 5 nitrogen and oxygen atoms in total. The number of aliphatic hydroxyl groups is 1. The van der Waals surface area contributed by atoms with Crippen LogP contribution in [0.15, 0.2) is 12.1 Å². The molecule has 0 amide bonds. The Morgan fingerprint density at radius 2 is 2.00 bits per heavy atom. The van der Waals surface area contributed by atoms with Gasteiger partial charge in [0, 0.05) is 12.6 Å². The van der Waals surface area contributed by atoms with Crippen molar-refractivity contribution in [3.05, 3.63) is 17.7 Å². The van der Waals surface area contributed by atoms with Gasteiger partial charge >= 0.3 is 0 Å². The topological polar surface area (TPSA) is 93.5 Å². The van der Waals surface area contributed by atoms with Crippen molar-refractivity contribution in [3.8, 4) is 5.75 Å². The first-order chi connectivity index (χ1) is 8.40. The van der Waals surface area contributed by atoms with Crippen molar-refractivity contribution < 1.29 is 9.84 Å². The fraction of sp³-hybridized carbons (Fsp3) is 0.538. The maximum Gasteiger partial charge on any atom is 0.144 e. The van der Waals surface area contributed by atoms with Gasteiger partial charge in [0.2, 0.25) is 0 Å². The minimum atomic E-state index is -0.575. The summed E-state index contributed by atoms with van der Waals surface area (Å²) >= 11 is 0. The number of ether oxygens (including phenoxy) is 1. The van der Waals surface area contributed by atoms with Crippen molar-refractivity contribution in [1.82, 2.24) is 5.32 Å². The van der Waals surface area contributed by atoms with E-state index in [4.69, 9.17) is 16.2 Å². The monoisotopic (exact) mass is 253 g/mol. The normalized spacial score (nSPS) is 12.7. The van der Waals surface area contributed by atoms with Gasteiger partial charge in [0.05, 0.1) is 11.4 Å². The molecule has 0 heterocycles. The standard InChI is InChI=1S/C13H23N3O2/c1-8(2)16-6-10(17)7-18-12-5-9(3)4-11(14)13(12)15/h4-5,8,10,16-17H,6-7,14-15H2,1-3H3. The Bertz CT molecular complexity index is 394. The number of nitrogen functional groups attached to an aromatic ring is 2. The largest absolute Gasteiger partial charge is 0.489 e. The van der Waals surface area contributed by atoms with Crippen LogP contribution in [-0.2, 0) is 0 Å². The molecule has 0 aliphatic carbocycles. The second-order valence-corrected chi connectivity index (χ2v) is 4.79. The third-order valence-corrected chi connectivity index (χ3v) is 2.51. The SMILES string of the molecule is Cc1cc(N)c(N)c(OCC(O)CNC(C)C)c1. The molecule has 0 radical (unpaired) electrons. The van der Waals surface area contributed by atoms with Crippen LogP contribution in [0.5, 0.6) is 5.75 Å². The summed E-state index contributed by atoms with van der Waals surface area (Å²) in [5.74, 6) is 0.524. The van der Waals surface area contributed by atoms with E-state index in [1.54, 1.807) is 6.07 Å². The number of aryl methyl sites for hydroxylation is 1. The maximum absolute atomic E-state index is 9.73. The number of anilines is 2. The average molecular weight is 253 g/mol. The van der Waals surface area contributed by atoms with Gasteiger partial charge in [0.15, 0.2) is 0 Å². The van der Waals surface area contributed by atoms with Crippen molar-refractivity contribution in [2.45, 2.75) is 32.9 Å². The second kappa shape index (κ2) is 6.47. The van der Waals surface area contributed by atoms with Gasteiger partial charge in [-0.25, -0.2) is 0 Å². The highest BCUT2D eigenvalue weighted by Crippen LogP contribution is 2.29. The molecule has 1 rings (SSSR count). The molecule has 0 saturated heterocycles. The molecular formula is C13H23N3O2. The number of benzene rings is 1. The molecule has 1 unspecified atom stereocenters. The van der Waals surface area contributed by atoms with Gasteiger partial charge in [-0.2, -0.15) is 0 Å². The first-order valence-electron chi connectivity index (χ1n) is 6.10.